The highest BCUT2D eigenvalue weighted by atomic mass is 16.5. The first-order valence-corrected chi connectivity index (χ1v) is 4.22. The van der Waals surface area contributed by atoms with E-state index in [0.29, 0.717) is 5.92 Å². The lowest BCUT2D eigenvalue weighted by atomic mass is 10.0. The van der Waals surface area contributed by atoms with Gasteiger partial charge in [-0.25, -0.2) is 0 Å². The van der Waals surface area contributed by atoms with Crippen LogP contribution in [0.2, 0.25) is 0 Å². The number of rotatable bonds is 1. The van der Waals surface area contributed by atoms with E-state index in [1.54, 1.807) is 0 Å². The molecule has 0 bridgehead atoms. The minimum atomic E-state index is 0.547. The van der Waals surface area contributed by atoms with Crippen LogP contribution in [0, 0.1) is 5.92 Å². The van der Waals surface area contributed by atoms with Gasteiger partial charge in [-0.1, -0.05) is 0 Å². The molecule has 0 aromatic heterocycles. The summed E-state index contributed by atoms with van der Waals surface area (Å²) in [6.45, 7) is 3.37. The molecule has 2 aliphatic heterocycles. The van der Waals surface area contributed by atoms with Gasteiger partial charge in [0.15, 0.2) is 5.90 Å². The van der Waals surface area contributed by atoms with Crippen LogP contribution in [0.1, 0.15) is 12.8 Å². The minimum absolute atomic E-state index is 0.547. The van der Waals surface area contributed by atoms with E-state index in [-0.39, 0.29) is 0 Å². The van der Waals surface area contributed by atoms with E-state index in [2.05, 4.69) is 4.99 Å². The highest BCUT2D eigenvalue weighted by Crippen LogP contribution is 2.18. The molecule has 0 N–H and O–H groups in total. The third kappa shape index (κ3) is 1.53. The van der Waals surface area contributed by atoms with Crippen LogP contribution in [0.3, 0.4) is 0 Å². The average Bonchev–Trinajstić information content (AvgIpc) is 2.58. The van der Waals surface area contributed by atoms with E-state index < -0.39 is 0 Å². The van der Waals surface area contributed by atoms with Crippen LogP contribution in [0.15, 0.2) is 4.99 Å². The van der Waals surface area contributed by atoms with E-state index >= 15 is 0 Å². The molecule has 2 heterocycles. The molecule has 3 nitrogen and oxygen atoms in total. The Morgan fingerprint density at radius 1 is 1.18 bits per heavy atom. The van der Waals surface area contributed by atoms with Crippen LogP contribution in [0.25, 0.3) is 0 Å². The fourth-order valence-electron chi connectivity index (χ4n) is 1.54. The van der Waals surface area contributed by atoms with Gasteiger partial charge in [0.2, 0.25) is 0 Å². The summed E-state index contributed by atoms with van der Waals surface area (Å²) in [6, 6.07) is 0. The van der Waals surface area contributed by atoms with Crippen molar-refractivity contribution >= 4 is 5.90 Å². The molecule has 0 aromatic rings. The van der Waals surface area contributed by atoms with Gasteiger partial charge in [-0.3, -0.25) is 4.99 Å². The zero-order valence-corrected chi connectivity index (χ0v) is 6.58. The lowest BCUT2D eigenvalue weighted by Gasteiger charge is -2.20. The first-order chi connectivity index (χ1) is 5.47. The van der Waals surface area contributed by atoms with Gasteiger partial charge in [0.05, 0.1) is 6.54 Å². The first kappa shape index (κ1) is 7.10. The molecule has 11 heavy (non-hydrogen) atoms. The molecule has 2 aliphatic rings. The van der Waals surface area contributed by atoms with Gasteiger partial charge in [0, 0.05) is 19.1 Å². The summed E-state index contributed by atoms with van der Waals surface area (Å²) in [7, 11) is 0. The molecule has 1 fully saturated rings. The van der Waals surface area contributed by atoms with Crippen molar-refractivity contribution in [1.29, 1.82) is 0 Å². The van der Waals surface area contributed by atoms with Crippen LogP contribution in [-0.2, 0) is 9.47 Å². The Labute approximate surface area is 66.4 Å². The van der Waals surface area contributed by atoms with Crippen molar-refractivity contribution < 1.29 is 9.47 Å². The summed E-state index contributed by atoms with van der Waals surface area (Å²) in [5, 5.41) is 0. The lowest BCUT2D eigenvalue weighted by Crippen LogP contribution is -2.23. The quantitative estimate of drug-likeness (QED) is 0.562. The van der Waals surface area contributed by atoms with E-state index in [9.17, 15) is 0 Å². The van der Waals surface area contributed by atoms with Crippen LogP contribution >= 0.6 is 0 Å². The minimum Gasteiger partial charge on any atom is -0.479 e. The SMILES string of the molecule is C1COC(C2CCOCC2)=N1. The number of nitrogens with zero attached hydrogens (tertiary/aromatic N) is 1. The maximum Gasteiger partial charge on any atom is 0.186 e. The molecule has 0 saturated carbocycles. The Bertz CT molecular complexity index is 161. The predicted molar refractivity (Wildman–Crippen MR) is 41.8 cm³/mol. The molecule has 0 amide bonds. The van der Waals surface area contributed by atoms with Crippen molar-refractivity contribution in [2.45, 2.75) is 12.8 Å². The summed E-state index contributed by atoms with van der Waals surface area (Å²) in [6.07, 6.45) is 2.16. The molecule has 62 valence electrons. The Morgan fingerprint density at radius 2 is 2.00 bits per heavy atom. The summed E-state index contributed by atoms with van der Waals surface area (Å²) >= 11 is 0. The topological polar surface area (TPSA) is 30.8 Å². The molecule has 1 saturated heterocycles. The molecule has 0 aromatic carbocycles. The van der Waals surface area contributed by atoms with Crippen LogP contribution in [0.5, 0.6) is 0 Å². The number of hydrogen-bond donors (Lipinski definition) is 0. The second-order valence-electron chi connectivity index (χ2n) is 2.96. The molecule has 3 heteroatoms. The van der Waals surface area contributed by atoms with Gasteiger partial charge in [-0.05, 0) is 12.8 Å². The summed E-state index contributed by atoms with van der Waals surface area (Å²) < 4.78 is 10.6. The Morgan fingerprint density at radius 3 is 2.64 bits per heavy atom. The Kier molecular flexibility index (Phi) is 2.08. The molecule has 0 atom stereocenters. The zero-order valence-electron chi connectivity index (χ0n) is 6.58. The van der Waals surface area contributed by atoms with Crippen molar-refractivity contribution in [2.24, 2.45) is 10.9 Å². The third-order valence-electron chi connectivity index (χ3n) is 2.18. The maximum atomic E-state index is 5.39. The lowest BCUT2D eigenvalue weighted by molar-refractivity contribution is 0.0774. The van der Waals surface area contributed by atoms with Crippen molar-refractivity contribution in [1.82, 2.24) is 0 Å². The maximum absolute atomic E-state index is 5.39. The fourth-order valence-corrected chi connectivity index (χ4v) is 1.54. The second-order valence-corrected chi connectivity index (χ2v) is 2.96. The van der Waals surface area contributed by atoms with Gasteiger partial charge in [0.25, 0.3) is 0 Å². The smallest absolute Gasteiger partial charge is 0.186 e. The number of hydrogen-bond acceptors (Lipinski definition) is 3. The largest absolute Gasteiger partial charge is 0.479 e. The Balaban J connectivity index is 1.92. The standard InChI is InChI=1S/C8H13NO2/c1-4-10-5-2-7(1)8-9-3-6-11-8/h7H,1-6H2. The molecular formula is C8H13NO2. The van der Waals surface area contributed by atoms with E-state index in [4.69, 9.17) is 9.47 Å². The number of aliphatic imine (C=N–C) groups is 1. The van der Waals surface area contributed by atoms with Crippen LogP contribution < -0.4 is 0 Å². The zero-order chi connectivity index (χ0) is 7.52. The van der Waals surface area contributed by atoms with Crippen molar-refractivity contribution in [3.05, 3.63) is 0 Å². The fraction of sp³-hybridized carbons (Fsp3) is 0.875. The highest BCUT2D eigenvalue weighted by Gasteiger charge is 2.22. The molecule has 0 spiro atoms. The van der Waals surface area contributed by atoms with Gasteiger partial charge in [-0.15, -0.1) is 0 Å². The third-order valence-corrected chi connectivity index (χ3v) is 2.18. The molecule has 0 aliphatic carbocycles. The monoisotopic (exact) mass is 155 g/mol. The second kappa shape index (κ2) is 3.22. The predicted octanol–water partition coefficient (Wildman–Crippen LogP) is 0.842. The highest BCUT2D eigenvalue weighted by molar-refractivity contribution is 5.79. The van der Waals surface area contributed by atoms with Gasteiger partial charge in [-0.2, -0.15) is 0 Å². The van der Waals surface area contributed by atoms with E-state index in [1.807, 2.05) is 0 Å². The first-order valence-electron chi connectivity index (χ1n) is 4.22. The summed E-state index contributed by atoms with van der Waals surface area (Å²) in [5.41, 5.74) is 0. The molecular weight excluding hydrogens is 142 g/mol. The molecule has 2 rings (SSSR count). The van der Waals surface area contributed by atoms with Gasteiger partial charge in [0.1, 0.15) is 6.61 Å². The van der Waals surface area contributed by atoms with E-state index in [0.717, 1.165) is 45.1 Å². The van der Waals surface area contributed by atoms with Gasteiger partial charge >= 0.3 is 0 Å². The van der Waals surface area contributed by atoms with E-state index in [1.165, 1.54) is 0 Å². The van der Waals surface area contributed by atoms with Crippen LogP contribution in [-0.4, -0.2) is 32.3 Å². The van der Waals surface area contributed by atoms with Gasteiger partial charge < -0.3 is 9.47 Å². The molecule has 0 radical (unpaired) electrons. The van der Waals surface area contributed by atoms with Crippen molar-refractivity contribution in [2.75, 3.05) is 26.4 Å². The summed E-state index contributed by atoms with van der Waals surface area (Å²) in [4.78, 5) is 4.30. The summed E-state index contributed by atoms with van der Waals surface area (Å²) in [5.74, 6) is 1.53. The van der Waals surface area contributed by atoms with Crippen molar-refractivity contribution in [3.8, 4) is 0 Å². The van der Waals surface area contributed by atoms with Crippen molar-refractivity contribution in [3.63, 3.8) is 0 Å². The normalized spacial score (nSPS) is 26.4. The average molecular weight is 155 g/mol. The molecule has 0 unspecified atom stereocenters. The Hall–Kier alpha value is -0.570. The van der Waals surface area contributed by atoms with Crippen LogP contribution in [0.4, 0.5) is 0 Å². The number of ether oxygens (including phenoxy) is 2.